The molecule has 1 N–H and O–H groups in total. The van der Waals surface area contributed by atoms with Gasteiger partial charge in [0.2, 0.25) is 0 Å². The van der Waals surface area contributed by atoms with E-state index in [0.717, 1.165) is 11.3 Å². The molecule has 0 saturated heterocycles. The molecule has 0 bridgehead atoms. The fourth-order valence-corrected chi connectivity index (χ4v) is 2.49. The Labute approximate surface area is 124 Å². The van der Waals surface area contributed by atoms with Gasteiger partial charge in [0.1, 0.15) is 5.82 Å². The molecule has 0 aliphatic rings. The lowest BCUT2D eigenvalue weighted by Gasteiger charge is -2.10. The van der Waals surface area contributed by atoms with Gasteiger partial charge in [0.25, 0.3) is 0 Å². The van der Waals surface area contributed by atoms with Crippen LogP contribution in [0.3, 0.4) is 0 Å². The van der Waals surface area contributed by atoms with Gasteiger partial charge < -0.3 is 5.32 Å². The molecular weight excluding hydrogens is 364 g/mol. The highest BCUT2D eigenvalue weighted by Crippen LogP contribution is 2.20. The molecule has 4 heteroatoms. The van der Waals surface area contributed by atoms with Gasteiger partial charge in [-0.15, -0.1) is 0 Å². The maximum Gasteiger partial charge on any atom is 0.129 e. The molecule has 0 aliphatic heterocycles. The number of benzene rings is 2. The van der Waals surface area contributed by atoms with Crippen LogP contribution < -0.4 is 5.32 Å². The molecule has 1 nitrogen and oxygen atoms in total. The smallest absolute Gasteiger partial charge is 0.129 e. The average molecular weight is 376 g/mol. The maximum absolute atomic E-state index is 13.6. The SMILES string of the molecule is Cc1cc(I)ccc1NCc1ccc(Cl)cc1F. The summed E-state index contributed by atoms with van der Waals surface area (Å²) < 4.78 is 14.8. The van der Waals surface area contributed by atoms with Crippen LogP contribution in [0, 0.1) is 16.3 Å². The number of hydrogen-bond donors (Lipinski definition) is 1. The van der Waals surface area contributed by atoms with E-state index in [4.69, 9.17) is 11.6 Å². The summed E-state index contributed by atoms with van der Waals surface area (Å²) in [6, 6.07) is 10.8. The number of hydrogen-bond acceptors (Lipinski definition) is 1. The van der Waals surface area contributed by atoms with Crippen molar-refractivity contribution in [1.29, 1.82) is 0 Å². The maximum atomic E-state index is 13.6. The highest BCUT2D eigenvalue weighted by Gasteiger charge is 2.04. The Bertz CT molecular complexity index is 520. The quantitative estimate of drug-likeness (QED) is 0.744. The van der Waals surface area contributed by atoms with Gasteiger partial charge in [0.05, 0.1) is 0 Å². The lowest BCUT2D eigenvalue weighted by Crippen LogP contribution is -2.03. The molecule has 94 valence electrons. The van der Waals surface area contributed by atoms with Gasteiger partial charge in [-0.2, -0.15) is 0 Å². The Morgan fingerprint density at radius 1 is 1.22 bits per heavy atom. The molecule has 0 heterocycles. The molecule has 2 aromatic rings. The van der Waals surface area contributed by atoms with E-state index in [1.165, 1.54) is 9.64 Å². The first-order chi connectivity index (χ1) is 8.56. The van der Waals surface area contributed by atoms with Crippen LogP contribution in [0.25, 0.3) is 0 Å². The number of rotatable bonds is 3. The normalized spacial score (nSPS) is 10.4. The van der Waals surface area contributed by atoms with E-state index in [1.54, 1.807) is 12.1 Å². The topological polar surface area (TPSA) is 12.0 Å². The molecule has 0 aliphatic carbocycles. The van der Waals surface area contributed by atoms with Crippen molar-refractivity contribution < 1.29 is 4.39 Å². The zero-order chi connectivity index (χ0) is 13.1. The van der Waals surface area contributed by atoms with E-state index in [-0.39, 0.29) is 5.82 Å². The molecule has 0 amide bonds. The highest BCUT2D eigenvalue weighted by atomic mass is 127. The van der Waals surface area contributed by atoms with Crippen molar-refractivity contribution in [1.82, 2.24) is 0 Å². The van der Waals surface area contributed by atoms with Crippen molar-refractivity contribution >= 4 is 39.9 Å². The Kier molecular flexibility index (Phi) is 4.45. The first-order valence-electron chi connectivity index (χ1n) is 5.50. The fourth-order valence-electron chi connectivity index (χ4n) is 1.68. The summed E-state index contributed by atoms with van der Waals surface area (Å²) in [5.74, 6) is -0.279. The number of anilines is 1. The molecule has 0 aromatic heterocycles. The molecule has 0 saturated carbocycles. The summed E-state index contributed by atoms with van der Waals surface area (Å²) in [6.07, 6.45) is 0. The third kappa shape index (κ3) is 3.36. The summed E-state index contributed by atoms with van der Waals surface area (Å²) >= 11 is 7.98. The van der Waals surface area contributed by atoms with E-state index in [0.29, 0.717) is 17.1 Å². The first-order valence-corrected chi connectivity index (χ1v) is 6.96. The van der Waals surface area contributed by atoms with Crippen molar-refractivity contribution in [2.45, 2.75) is 13.5 Å². The molecule has 2 aromatic carbocycles. The molecule has 0 unspecified atom stereocenters. The lowest BCUT2D eigenvalue weighted by molar-refractivity contribution is 0.613. The van der Waals surface area contributed by atoms with E-state index < -0.39 is 0 Å². The predicted molar refractivity (Wildman–Crippen MR) is 82.6 cm³/mol. The summed E-state index contributed by atoms with van der Waals surface area (Å²) in [7, 11) is 0. The number of nitrogens with one attached hydrogen (secondary N) is 1. The summed E-state index contributed by atoms with van der Waals surface area (Å²) in [4.78, 5) is 0. The van der Waals surface area contributed by atoms with E-state index in [2.05, 4.69) is 34.0 Å². The molecule has 0 atom stereocenters. The zero-order valence-electron chi connectivity index (χ0n) is 9.81. The van der Waals surface area contributed by atoms with Crippen molar-refractivity contribution in [2.75, 3.05) is 5.32 Å². The first kappa shape index (κ1) is 13.6. The second kappa shape index (κ2) is 5.89. The van der Waals surface area contributed by atoms with Gasteiger partial charge >= 0.3 is 0 Å². The summed E-state index contributed by atoms with van der Waals surface area (Å²) in [6.45, 7) is 2.48. The minimum Gasteiger partial charge on any atom is -0.381 e. The fraction of sp³-hybridized carbons (Fsp3) is 0.143. The van der Waals surface area contributed by atoms with Gasteiger partial charge in [-0.25, -0.2) is 4.39 Å². The molecular formula is C14H12ClFIN. The van der Waals surface area contributed by atoms with Crippen LogP contribution in [0.4, 0.5) is 10.1 Å². The molecule has 0 spiro atoms. The van der Waals surface area contributed by atoms with Crippen LogP contribution in [0.1, 0.15) is 11.1 Å². The standard InChI is InChI=1S/C14H12ClFIN/c1-9-6-12(17)4-5-14(9)18-8-10-2-3-11(15)7-13(10)16/h2-7,18H,8H2,1H3. The Hall–Kier alpha value is -0.810. The van der Waals surface area contributed by atoms with E-state index >= 15 is 0 Å². The lowest BCUT2D eigenvalue weighted by atomic mass is 10.1. The average Bonchev–Trinajstić information content (AvgIpc) is 2.30. The van der Waals surface area contributed by atoms with Gasteiger partial charge in [-0.1, -0.05) is 17.7 Å². The highest BCUT2D eigenvalue weighted by molar-refractivity contribution is 14.1. The third-order valence-corrected chi connectivity index (χ3v) is 3.58. The summed E-state index contributed by atoms with van der Waals surface area (Å²) in [5.41, 5.74) is 2.78. The molecule has 0 fully saturated rings. The Morgan fingerprint density at radius 3 is 2.67 bits per heavy atom. The van der Waals surface area contributed by atoms with Crippen molar-refractivity contribution in [2.24, 2.45) is 0 Å². The van der Waals surface area contributed by atoms with Gasteiger partial charge in [0.15, 0.2) is 0 Å². The predicted octanol–water partition coefficient (Wildman–Crippen LogP) is 5.00. The van der Waals surface area contributed by atoms with Crippen LogP contribution in [0.5, 0.6) is 0 Å². The minimum absolute atomic E-state index is 0.279. The van der Waals surface area contributed by atoms with Crippen LogP contribution in [-0.2, 0) is 6.54 Å². The third-order valence-electron chi connectivity index (χ3n) is 2.67. The molecule has 2 rings (SSSR count). The van der Waals surface area contributed by atoms with Crippen LogP contribution in [0.15, 0.2) is 36.4 Å². The minimum atomic E-state index is -0.279. The van der Waals surface area contributed by atoms with Crippen molar-refractivity contribution in [3.05, 3.63) is 61.9 Å². The largest absolute Gasteiger partial charge is 0.381 e. The number of halogens is 3. The van der Waals surface area contributed by atoms with Gasteiger partial charge in [-0.3, -0.25) is 0 Å². The van der Waals surface area contributed by atoms with E-state index in [9.17, 15) is 4.39 Å². The Balaban J connectivity index is 2.11. The summed E-state index contributed by atoms with van der Waals surface area (Å²) in [5, 5.41) is 3.65. The van der Waals surface area contributed by atoms with Crippen LogP contribution in [0.2, 0.25) is 5.02 Å². The Morgan fingerprint density at radius 2 is 2.00 bits per heavy atom. The molecule has 0 radical (unpaired) electrons. The zero-order valence-corrected chi connectivity index (χ0v) is 12.7. The number of aryl methyl sites for hydroxylation is 1. The molecule has 18 heavy (non-hydrogen) atoms. The van der Waals surface area contributed by atoms with Crippen molar-refractivity contribution in [3.8, 4) is 0 Å². The second-order valence-electron chi connectivity index (χ2n) is 4.05. The van der Waals surface area contributed by atoms with Gasteiger partial charge in [-0.05, 0) is 65.4 Å². The van der Waals surface area contributed by atoms with Crippen LogP contribution >= 0.6 is 34.2 Å². The second-order valence-corrected chi connectivity index (χ2v) is 5.73. The van der Waals surface area contributed by atoms with Gasteiger partial charge in [0, 0.05) is 26.4 Å². The van der Waals surface area contributed by atoms with Crippen LogP contribution in [-0.4, -0.2) is 0 Å². The monoisotopic (exact) mass is 375 g/mol. The van der Waals surface area contributed by atoms with Crippen molar-refractivity contribution in [3.63, 3.8) is 0 Å². The van der Waals surface area contributed by atoms with E-state index in [1.807, 2.05) is 19.1 Å².